The quantitative estimate of drug-likeness (QED) is 0.167. The largest absolute Gasteiger partial charge is 0.544 e. The maximum Gasteiger partial charge on any atom is 0.332 e. The van der Waals surface area contributed by atoms with Gasteiger partial charge in [0.15, 0.2) is 12.1 Å². The fraction of sp³-hybridized carbons (Fsp3) is 0.800. The van der Waals surface area contributed by atoms with Crippen molar-refractivity contribution in [2.45, 2.75) is 109 Å². The van der Waals surface area contributed by atoms with Crippen molar-refractivity contribution in [3.8, 4) is 0 Å². The number of likely N-dealkylation sites (N-methyl/N-ethyl adjacent to an activating group) is 1. The van der Waals surface area contributed by atoms with Gasteiger partial charge in [-0.1, -0.05) is 70.4 Å². The fourth-order valence-electron chi connectivity index (χ4n) is 3.78. The lowest BCUT2D eigenvalue weighted by Gasteiger charge is -2.38. The van der Waals surface area contributed by atoms with Gasteiger partial charge in [0.2, 0.25) is 5.91 Å². The topological polar surface area (TPSA) is 107 Å². The summed E-state index contributed by atoms with van der Waals surface area (Å²) < 4.78 is -0.160. The number of carboxylic acid groups (broad SMARTS) is 2. The zero-order valence-corrected chi connectivity index (χ0v) is 20.7. The Morgan fingerprint density at radius 1 is 0.844 bits per heavy atom. The monoisotopic (exact) mass is 454 g/mol. The zero-order chi connectivity index (χ0) is 24.4. The number of carbonyl (C=O) groups excluding carboxylic acids is 2. The predicted molar refractivity (Wildman–Crippen MR) is 126 cm³/mol. The number of rotatable bonds is 20. The molecule has 0 fully saturated rings. The molecule has 0 saturated carbocycles. The molecule has 0 radical (unpaired) electrons. The van der Waals surface area contributed by atoms with Crippen LogP contribution in [0.3, 0.4) is 0 Å². The number of quaternary nitrogens is 1. The maximum atomic E-state index is 12.1. The van der Waals surface area contributed by atoms with Crippen molar-refractivity contribution >= 4 is 17.8 Å². The van der Waals surface area contributed by atoms with Crippen molar-refractivity contribution in [3.05, 3.63) is 12.2 Å². The van der Waals surface area contributed by atoms with E-state index in [-0.39, 0.29) is 10.9 Å². The van der Waals surface area contributed by atoms with Crippen LogP contribution in [0.2, 0.25) is 0 Å². The molecular formula is C25H46N2O5. The first-order valence-electron chi connectivity index (χ1n) is 12.3. The lowest BCUT2D eigenvalue weighted by atomic mass is 10.0. The molecule has 0 heterocycles. The number of hydrogen-bond donors (Lipinski definition) is 2. The first-order valence-corrected chi connectivity index (χ1v) is 12.3. The summed E-state index contributed by atoms with van der Waals surface area (Å²) in [5, 5.41) is 23.2. The van der Waals surface area contributed by atoms with Crippen LogP contribution < -0.4 is 10.4 Å². The Morgan fingerprint density at radius 3 is 1.75 bits per heavy atom. The number of nitrogens with one attached hydrogen (secondary N) is 1. The molecule has 0 aromatic rings. The van der Waals surface area contributed by atoms with E-state index < -0.39 is 29.9 Å². The lowest BCUT2D eigenvalue weighted by molar-refractivity contribution is -0.889. The second-order valence-corrected chi connectivity index (χ2v) is 9.60. The molecule has 0 spiro atoms. The number of aliphatic carboxylic acids is 2. The standard InChI is InChI=1S/C25H46N2O5/c1-5-6-7-8-9-10-11-12-13-14-15-16-17-18-19-20-21(28)26-22(24(29)30)23(25(31)32)27(2,3)4/h12-13,22-23H,5-11,14-20H2,1-4H3,(H2-,26,28,29,30,31,32)/b13-12-. The second-order valence-electron chi connectivity index (χ2n) is 9.60. The number of hydrogen-bond acceptors (Lipinski definition) is 4. The van der Waals surface area contributed by atoms with Gasteiger partial charge in [0, 0.05) is 6.42 Å². The molecule has 0 aliphatic carbocycles. The molecule has 1 amide bonds. The van der Waals surface area contributed by atoms with Crippen molar-refractivity contribution < 1.29 is 29.1 Å². The normalized spacial score (nSPS) is 13.8. The van der Waals surface area contributed by atoms with E-state index in [1.54, 1.807) is 21.1 Å². The number of carboxylic acids is 2. The average Bonchev–Trinajstić information content (AvgIpc) is 2.69. The highest BCUT2D eigenvalue weighted by Gasteiger charge is 2.39. The number of amides is 1. The summed E-state index contributed by atoms with van der Waals surface area (Å²) in [4.78, 5) is 35.1. The Kier molecular flexibility index (Phi) is 16.6. The van der Waals surface area contributed by atoms with Crippen LogP contribution >= 0.6 is 0 Å². The summed E-state index contributed by atoms with van der Waals surface area (Å²) >= 11 is 0. The molecule has 0 saturated heterocycles. The number of unbranched alkanes of at least 4 members (excludes halogenated alkanes) is 11. The minimum Gasteiger partial charge on any atom is -0.544 e. The molecule has 0 aliphatic heterocycles. The van der Waals surface area contributed by atoms with E-state index in [1.807, 2.05) is 0 Å². The molecular weight excluding hydrogens is 408 g/mol. The van der Waals surface area contributed by atoms with Crippen molar-refractivity contribution in [1.82, 2.24) is 5.32 Å². The van der Waals surface area contributed by atoms with Gasteiger partial charge in [-0.2, -0.15) is 0 Å². The van der Waals surface area contributed by atoms with Crippen molar-refractivity contribution in [3.63, 3.8) is 0 Å². The minimum absolute atomic E-state index is 0.160. The van der Waals surface area contributed by atoms with E-state index in [1.165, 1.54) is 44.9 Å². The third kappa shape index (κ3) is 15.0. The van der Waals surface area contributed by atoms with Crippen molar-refractivity contribution in [2.75, 3.05) is 21.1 Å². The first kappa shape index (κ1) is 30.1. The molecule has 0 aromatic heterocycles. The first-order chi connectivity index (χ1) is 15.1. The summed E-state index contributed by atoms with van der Waals surface area (Å²) in [6.45, 7) is 2.24. The van der Waals surface area contributed by atoms with Gasteiger partial charge in [0.1, 0.15) is 5.97 Å². The van der Waals surface area contributed by atoms with E-state index in [0.717, 1.165) is 32.1 Å². The molecule has 2 N–H and O–H groups in total. The highest BCUT2D eigenvalue weighted by Crippen LogP contribution is 2.12. The zero-order valence-electron chi connectivity index (χ0n) is 20.7. The molecule has 2 unspecified atom stereocenters. The smallest absolute Gasteiger partial charge is 0.332 e. The molecule has 7 nitrogen and oxygen atoms in total. The van der Waals surface area contributed by atoms with E-state index in [0.29, 0.717) is 6.42 Å². The number of allylic oxidation sites excluding steroid dienone is 2. The molecule has 186 valence electrons. The van der Waals surface area contributed by atoms with E-state index in [2.05, 4.69) is 24.4 Å². The fourth-order valence-corrected chi connectivity index (χ4v) is 3.78. The molecule has 0 aliphatic rings. The van der Waals surface area contributed by atoms with Crippen LogP contribution in [0.5, 0.6) is 0 Å². The highest BCUT2D eigenvalue weighted by molar-refractivity contribution is 5.88. The molecule has 0 rings (SSSR count). The third-order valence-corrected chi connectivity index (χ3v) is 5.64. The van der Waals surface area contributed by atoms with Crippen LogP contribution in [-0.4, -0.2) is 60.7 Å². The second kappa shape index (κ2) is 17.6. The van der Waals surface area contributed by atoms with Crippen molar-refractivity contribution in [1.29, 1.82) is 0 Å². The minimum atomic E-state index is -1.52. The van der Waals surface area contributed by atoms with Crippen molar-refractivity contribution in [2.24, 2.45) is 0 Å². The summed E-state index contributed by atoms with van der Waals surface area (Å²) in [6.07, 6.45) is 19.8. The van der Waals surface area contributed by atoms with Crippen LogP contribution in [0.1, 0.15) is 96.8 Å². The van der Waals surface area contributed by atoms with Crippen LogP contribution in [0.4, 0.5) is 0 Å². The SMILES string of the molecule is CCCCCCCC/C=C\CCCCCCCC(=O)NC(C(=O)O)C(C(=O)[O-])[N+](C)(C)C. The van der Waals surface area contributed by atoms with Gasteiger partial charge in [-0.25, -0.2) is 4.79 Å². The molecule has 32 heavy (non-hydrogen) atoms. The van der Waals surface area contributed by atoms with E-state index >= 15 is 0 Å². The number of carbonyl (C=O) groups is 3. The Labute approximate surface area is 194 Å². The predicted octanol–water partition coefficient (Wildman–Crippen LogP) is 3.42. The molecule has 7 heteroatoms. The van der Waals surface area contributed by atoms with Gasteiger partial charge in [0.05, 0.1) is 21.1 Å². The van der Waals surface area contributed by atoms with Crippen LogP contribution in [0.25, 0.3) is 0 Å². The Balaban J connectivity index is 3.93. The molecule has 0 bridgehead atoms. The highest BCUT2D eigenvalue weighted by atomic mass is 16.4. The molecule has 2 atom stereocenters. The maximum absolute atomic E-state index is 12.1. The Bertz CT molecular complexity index is 569. The average molecular weight is 455 g/mol. The van der Waals surface area contributed by atoms with E-state index in [9.17, 15) is 24.6 Å². The van der Waals surface area contributed by atoms with Gasteiger partial charge < -0.3 is 24.8 Å². The lowest BCUT2D eigenvalue weighted by Crippen LogP contribution is -2.66. The van der Waals surface area contributed by atoms with Gasteiger partial charge >= 0.3 is 5.97 Å². The summed E-state index contributed by atoms with van der Waals surface area (Å²) in [5.41, 5.74) is 0. The third-order valence-electron chi connectivity index (χ3n) is 5.64. The summed E-state index contributed by atoms with van der Waals surface area (Å²) in [7, 11) is 4.69. The van der Waals surface area contributed by atoms with Crippen LogP contribution in [-0.2, 0) is 14.4 Å². The van der Waals surface area contributed by atoms with Crippen LogP contribution in [0.15, 0.2) is 12.2 Å². The van der Waals surface area contributed by atoms with Crippen LogP contribution in [0, 0.1) is 0 Å². The van der Waals surface area contributed by atoms with Gasteiger partial charge in [-0.05, 0) is 32.1 Å². The summed E-state index contributed by atoms with van der Waals surface area (Å²) in [6, 6.07) is -2.89. The van der Waals surface area contributed by atoms with E-state index in [4.69, 9.17) is 0 Å². The number of nitrogens with zero attached hydrogens (tertiary/aromatic N) is 1. The molecule has 0 aromatic carbocycles. The Morgan fingerprint density at radius 2 is 1.31 bits per heavy atom. The van der Waals surface area contributed by atoms with Gasteiger partial charge in [0.25, 0.3) is 0 Å². The Hall–Kier alpha value is -1.89. The van der Waals surface area contributed by atoms with Gasteiger partial charge in [-0.15, -0.1) is 0 Å². The summed E-state index contributed by atoms with van der Waals surface area (Å²) in [5.74, 6) is -3.30. The van der Waals surface area contributed by atoms with Gasteiger partial charge in [-0.3, -0.25) is 4.79 Å².